The van der Waals surface area contributed by atoms with Gasteiger partial charge >= 0.3 is 0 Å². The topological polar surface area (TPSA) is 77.6 Å². The second-order valence-electron chi connectivity index (χ2n) is 4.02. The van der Waals surface area contributed by atoms with Crippen molar-refractivity contribution in [3.05, 3.63) is 42.6 Å². The van der Waals surface area contributed by atoms with Gasteiger partial charge in [0.2, 0.25) is 5.95 Å². The molecule has 2 N–H and O–H groups in total. The van der Waals surface area contributed by atoms with Gasteiger partial charge in [-0.3, -0.25) is 0 Å². The highest BCUT2D eigenvalue weighted by Crippen LogP contribution is 2.24. The Balaban J connectivity index is 2.19. The van der Waals surface area contributed by atoms with E-state index in [9.17, 15) is 0 Å². The Kier molecular flexibility index (Phi) is 2.37. The van der Waals surface area contributed by atoms with Gasteiger partial charge in [-0.25, -0.2) is 19.9 Å². The molecular formula is C13H11N5. The lowest BCUT2D eigenvalue weighted by molar-refractivity contribution is 1.12. The summed E-state index contributed by atoms with van der Waals surface area (Å²) < 4.78 is 0. The molecule has 0 aliphatic carbocycles. The Hall–Kier alpha value is -2.56. The number of benzene rings is 1. The highest BCUT2D eigenvalue weighted by atomic mass is 15.0. The largest absolute Gasteiger partial charge is 0.368 e. The fourth-order valence-electron chi connectivity index (χ4n) is 1.92. The van der Waals surface area contributed by atoms with Crippen LogP contribution in [0, 0.1) is 6.92 Å². The summed E-state index contributed by atoms with van der Waals surface area (Å²) in [6, 6.07) is 5.98. The Morgan fingerprint density at radius 3 is 2.83 bits per heavy atom. The Morgan fingerprint density at radius 1 is 1.11 bits per heavy atom. The van der Waals surface area contributed by atoms with Crippen LogP contribution in [0.4, 0.5) is 5.95 Å². The number of nitrogens with zero attached hydrogens (tertiary/aromatic N) is 4. The van der Waals surface area contributed by atoms with Crippen molar-refractivity contribution in [2.24, 2.45) is 0 Å². The van der Waals surface area contributed by atoms with E-state index in [2.05, 4.69) is 19.9 Å². The maximum absolute atomic E-state index is 5.55. The van der Waals surface area contributed by atoms with Crippen molar-refractivity contribution >= 4 is 16.9 Å². The summed E-state index contributed by atoms with van der Waals surface area (Å²) >= 11 is 0. The molecule has 0 spiro atoms. The number of anilines is 1. The predicted molar refractivity (Wildman–Crippen MR) is 69.7 cm³/mol. The van der Waals surface area contributed by atoms with Crippen LogP contribution in [0.5, 0.6) is 0 Å². The van der Waals surface area contributed by atoms with Gasteiger partial charge in [-0.2, -0.15) is 0 Å². The second kappa shape index (κ2) is 4.03. The van der Waals surface area contributed by atoms with Crippen molar-refractivity contribution in [3.8, 4) is 11.1 Å². The summed E-state index contributed by atoms with van der Waals surface area (Å²) in [5, 5.41) is 0.992. The summed E-state index contributed by atoms with van der Waals surface area (Å²) in [6.07, 6.45) is 5.07. The molecule has 1 aromatic carbocycles. The van der Waals surface area contributed by atoms with E-state index in [0.717, 1.165) is 27.7 Å². The molecule has 2 heterocycles. The Labute approximate surface area is 104 Å². The summed E-state index contributed by atoms with van der Waals surface area (Å²) in [7, 11) is 0. The summed E-state index contributed by atoms with van der Waals surface area (Å²) in [4.78, 5) is 16.4. The number of hydrogen-bond donors (Lipinski definition) is 1. The van der Waals surface area contributed by atoms with Crippen LogP contribution in [-0.4, -0.2) is 19.9 Å². The fourth-order valence-corrected chi connectivity index (χ4v) is 1.92. The van der Waals surface area contributed by atoms with Gasteiger partial charge in [0.25, 0.3) is 0 Å². The molecule has 5 heteroatoms. The van der Waals surface area contributed by atoms with Crippen LogP contribution in [0.2, 0.25) is 0 Å². The first-order chi connectivity index (χ1) is 8.74. The van der Waals surface area contributed by atoms with Crippen LogP contribution in [0.3, 0.4) is 0 Å². The minimum atomic E-state index is 0.292. The average Bonchev–Trinajstić information content (AvgIpc) is 2.38. The van der Waals surface area contributed by atoms with Gasteiger partial charge in [0.1, 0.15) is 6.33 Å². The van der Waals surface area contributed by atoms with Crippen LogP contribution in [0.15, 0.2) is 36.9 Å². The smallest absolute Gasteiger partial charge is 0.220 e. The number of hydrogen-bond acceptors (Lipinski definition) is 5. The first kappa shape index (κ1) is 10.6. The van der Waals surface area contributed by atoms with Crippen molar-refractivity contribution < 1.29 is 0 Å². The number of rotatable bonds is 1. The van der Waals surface area contributed by atoms with Gasteiger partial charge in [-0.05, 0) is 24.6 Å². The normalized spacial score (nSPS) is 10.7. The molecule has 0 saturated heterocycles. The Morgan fingerprint density at radius 2 is 2.00 bits per heavy atom. The van der Waals surface area contributed by atoms with E-state index in [0.29, 0.717) is 5.95 Å². The molecule has 0 radical (unpaired) electrons. The number of fused-ring (bicyclic) bond motifs is 1. The van der Waals surface area contributed by atoms with Gasteiger partial charge < -0.3 is 5.73 Å². The monoisotopic (exact) mass is 237 g/mol. The van der Waals surface area contributed by atoms with Gasteiger partial charge in [-0.1, -0.05) is 6.07 Å². The summed E-state index contributed by atoms with van der Waals surface area (Å²) in [5.41, 5.74) is 9.34. The highest BCUT2D eigenvalue weighted by Gasteiger charge is 2.05. The zero-order valence-corrected chi connectivity index (χ0v) is 9.83. The maximum atomic E-state index is 5.55. The van der Waals surface area contributed by atoms with Crippen molar-refractivity contribution in [1.29, 1.82) is 0 Å². The number of nitrogens with two attached hydrogens (primary N) is 1. The lowest BCUT2D eigenvalue weighted by Gasteiger charge is -2.06. The van der Waals surface area contributed by atoms with E-state index in [1.54, 1.807) is 18.7 Å². The molecule has 88 valence electrons. The molecular weight excluding hydrogens is 226 g/mol. The lowest BCUT2D eigenvalue weighted by atomic mass is 10.0. The minimum Gasteiger partial charge on any atom is -0.368 e. The molecule has 3 rings (SSSR count). The molecule has 0 atom stereocenters. The van der Waals surface area contributed by atoms with Gasteiger partial charge in [-0.15, -0.1) is 0 Å². The first-order valence-electron chi connectivity index (χ1n) is 5.53. The zero-order chi connectivity index (χ0) is 12.5. The number of aryl methyl sites for hydroxylation is 1. The average molecular weight is 237 g/mol. The van der Waals surface area contributed by atoms with Crippen molar-refractivity contribution in [1.82, 2.24) is 19.9 Å². The molecule has 0 aliphatic rings. The molecule has 5 nitrogen and oxygen atoms in total. The summed E-state index contributed by atoms with van der Waals surface area (Å²) in [6.45, 7) is 1.92. The van der Waals surface area contributed by atoms with E-state index in [1.807, 2.05) is 25.1 Å². The van der Waals surface area contributed by atoms with Crippen molar-refractivity contribution in [3.63, 3.8) is 0 Å². The van der Waals surface area contributed by atoms with Crippen molar-refractivity contribution in [2.45, 2.75) is 6.92 Å². The van der Waals surface area contributed by atoms with E-state index in [4.69, 9.17) is 5.73 Å². The third-order valence-corrected chi connectivity index (χ3v) is 2.81. The van der Waals surface area contributed by atoms with Crippen LogP contribution >= 0.6 is 0 Å². The fraction of sp³-hybridized carbons (Fsp3) is 0.0769. The van der Waals surface area contributed by atoms with Crippen LogP contribution in [-0.2, 0) is 0 Å². The molecule has 0 amide bonds. The maximum Gasteiger partial charge on any atom is 0.220 e. The van der Waals surface area contributed by atoms with E-state index in [-0.39, 0.29) is 0 Å². The summed E-state index contributed by atoms with van der Waals surface area (Å²) in [5.74, 6) is 0.292. The van der Waals surface area contributed by atoms with E-state index in [1.165, 1.54) is 0 Å². The molecule has 3 aromatic rings. The first-order valence-corrected chi connectivity index (χ1v) is 5.53. The molecule has 0 bridgehead atoms. The molecule has 0 saturated carbocycles. The minimum absolute atomic E-state index is 0.292. The van der Waals surface area contributed by atoms with Crippen LogP contribution in [0.1, 0.15) is 5.69 Å². The Bertz CT molecular complexity index is 723. The van der Waals surface area contributed by atoms with Gasteiger partial charge in [0.05, 0.1) is 11.2 Å². The molecule has 2 aromatic heterocycles. The number of aromatic nitrogens is 4. The van der Waals surface area contributed by atoms with Gasteiger partial charge in [0, 0.05) is 23.3 Å². The number of nitrogen functional groups attached to an aromatic ring is 1. The third-order valence-electron chi connectivity index (χ3n) is 2.81. The lowest BCUT2D eigenvalue weighted by Crippen LogP contribution is -1.98. The van der Waals surface area contributed by atoms with Crippen LogP contribution in [0.25, 0.3) is 22.0 Å². The molecule has 18 heavy (non-hydrogen) atoms. The molecule has 0 aliphatic heterocycles. The van der Waals surface area contributed by atoms with Crippen molar-refractivity contribution in [2.75, 3.05) is 5.73 Å². The predicted octanol–water partition coefficient (Wildman–Crippen LogP) is 1.98. The van der Waals surface area contributed by atoms with E-state index >= 15 is 0 Å². The highest BCUT2D eigenvalue weighted by molar-refractivity contribution is 5.83. The molecule has 0 fully saturated rings. The second-order valence-corrected chi connectivity index (χ2v) is 4.02. The standard InChI is InChI=1S/C13H11N5/c1-8-11(6-16-13(14)18-8)9-2-3-12-10(4-9)5-15-7-17-12/h2-7H,1H3,(H2,14,16,18). The van der Waals surface area contributed by atoms with Crippen LogP contribution < -0.4 is 5.73 Å². The van der Waals surface area contributed by atoms with E-state index < -0.39 is 0 Å². The third kappa shape index (κ3) is 1.75. The quantitative estimate of drug-likeness (QED) is 0.700. The molecule has 0 unspecified atom stereocenters. The van der Waals surface area contributed by atoms with Gasteiger partial charge in [0.15, 0.2) is 0 Å². The SMILES string of the molecule is Cc1nc(N)ncc1-c1ccc2ncncc2c1. The zero-order valence-electron chi connectivity index (χ0n) is 9.83.